The molecule has 3 aromatic rings. The highest BCUT2D eigenvalue weighted by Gasteiger charge is 2.27. The number of allylic oxidation sites excluding steroid dienone is 4. The fourth-order valence-corrected chi connectivity index (χ4v) is 4.20. The first-order valence-electron chi connectivity index (χ1n) is 10.4. The average Bonchev–Trinajstić information content (AvgIpc) is 2.70. The first-order chi connectivity index (χ1) is 14.4. The van der Waals surface area contributed by atoms with E-state index in [1.165, 1.54) is 5.57 Å². The molecule has 0 nitrogen and oxygen atoms in total. The van der Waals surface area contributed by atoms with E-state index in [1.807, 2.05) is 26.8 Å². The van der Waals surface area contributed by atoms with Crippen LogP contribution in [0.1, 0.15) is 42.9 Å². The van der Waals surface area contributed by atoms with Crippen molar-refractivity contribution in [2.24, 2.45) is 0 Å². The standard InChI is InChI=1S/C29H27F/c1-18(2)21-6-8-22(9-7-21)23-10-12-24(13-11-23)26-15-17-28(29(30)20(26)5)27-16-14-25(27)19(3)4/h6-15,17,27H,1,3,16H2,2,4-5H3. The van der Waals surface area contributed by atoms with Crippen LogP contribution in [0.4, 0.5) is 4.39 Å². The lowest BCUT2D eigenvalue weighted by Crippen LogP contribution is -2.13. The number of hydrogen-bond acceptors (Lipinski definition) is 0. The summed E-state index contributed by atoms with van der Waals surface area (Å²) in [6, 6.07) is 20.8. The second-order valence-electron chi connectivity index (χ2n) is 8.30. The van der Waals surface area contributed by atoms with Crippen molar-refractivity contribution in [3.05, 3.63) is 114 Å². The van der Waals surface area contributed by atoms with Crippen molar-refractivity contribution in [2.75, 3.05) is 0 Å². The Morgan fingerprint density at radius 1 is 0.800 bits per heavy atom. The van der Waals surface area contributed by atoms with E-state index < -0.39 is 0 Å². The van der Waals surface area contributed by atoms with E-state index in [0.29, 0.717) is 5.56 Å². The summed E-state index contributed by atoms with van der Waals surface area (Å²) in [5.41, 5.74) is 10.2. The van der Waals surface area contributed by atoms with E-state index in [0.717, 1.165) is 50.9 Å². The SMILES string of the molecule is C=C(C)C1=CCC1c1ccc(-c2ccc(-c3ccc(C(=C)C)cc3)cc2)c(C)c1F. The van der Waals surface area contributed by atoms with E-state index in [-0.39, 0.29) is 11.7 Å². The van der Waals surface area contributed by atoms with Crippen LogP contribution in [0.25, 0.3) is 27.8 Å². The molecule has 0 spiro atoms. The normalized spacial score (nSPS) is 15.3. The summed E-state index contributed by atoms with van der Waals surface area (Å²) in [6.45, 7) is 13.9. The molecular weight excluding hydrogens is 367 g/mol. The van der Waals surface area contributed by atoms with Crippen molar-refractivity contribution in [2.45, 2.75) is 33.1 Å². The molecule has 3 aromatic carbocycles. The van der Waals surface area contributed by atoms with E-state index in [4.69, 9.17) is 0 Å². The first-order valence-corrected chi connectivity index (χ1v) is 10.4. The number of halogens is 1. The molecule has 1 aliphatic carbocycles. The fraction of sp³-hybridized carbons (Fsp3) is 0.172. The van der Waals surface area contributed by atoms with Crippen LogP contribution in [0.15, 0.2) is 91.0 Å². The predicted octanol–water partition coefficient (Wildman–Crippen LogP) is 8.49. The molecule has 1 atom stereocenters. The zero-order chi connectivity index (χ0) is 21.4. The highest BCUT2D eigenvalue weighted by atomic mass is 19.1. The molecule has 0 N–H and O–H groups in total. The Balaban J connectivity index is 1.62. The van der Waals surface area contributed by atoms with Gasteiger partial charge in [-0.2, -0.15) is 0 Å². The van der Waals surface area contributed by atoms with Crippen LogP contribution in [0.3, 0.4) is 0 Å². The lowest BCUT2D eigenvalue weighted by atomic mass is 9.75. The molecule has 0 fully saturated rings. The average molecular weight is 395 g/mol. The Hall–Kier alpha value is -3.19. The fourth-order valence-electron chi connectivity index (χ4n) is 4.20. The topological polar surface area (TPSA) is 0 Å². The lowest BCUT2D eigenvalue weighted by molar-refractivity contribution is 0.578. The Bertz CT molecular complexity index is 1160. The van der Waals surface area contributed by atoms with E-state index in [9.17, 15) is 0 Å². The van der Waals surface area contributed by atoms with Crippen molar-refractivity contribution in [3.63, 3.8) is 0 Å². The Morgan fingerprint density at radius 2 is 1.37 bits per heavy atom. The van der Waals surface area contributed by atoms with Crippen LogP contribution in [0, 0.1) is 12.7 Å². The number of hydrogen-bond donors (Lipinski definition) is 0. The molecule has 0 saturated heterocycles. The summed E-state index contributed by atoms with van der Waals surface area (Å²) in [4.78, 5) is 0. The van der Waals surface area contributed by atoms with Gasteiger partial charge in [0.25, 0.3) is 0 Å². The van der Waals surface area contributed by atoms with Gasteiger partial charge in [0.05, 0.1) is 0 Å². The third-order valence-corrected chi connectivity index (χ3v) is 6.14. The lowest BCUT2D eigenvalue weighted by Gasteiger charge is -2.29. The van der Waals surface area contributed by atoms with Crippen LogP contribution in [-0.4, -0.2) is 0 Å². The zero-order valence-electron chi connectivity index (χ0n) is 17.9. The molecule has 1 heteroatoms. The summed E-state index contributed by atoms with van der Waals surface area (Å²) < 4.78 is 15.2. The minimum absolute atomic E-state index is 0.0937. The van der Waals surface area contributed by atoms with Gasteiger partial charge in [-0.1, -0.05) is 91.0 Å². The monoisotopic (exact) mass is 394 g/mol. The molecule has 30 heavy (non-hydrogen) atoms. The molecule has 0 heterocycles. The van der Waals surface area contributed by atoms with Gasteiger partial charge in [-0.25, -0.2) is 4.39 Å². The molecule has 150 valence electrons. The van der Waals surface area contributed by atoms with Crippen LogP contribution in [-0.2, 0) is 0 Å². The second-order valence-corrected chi connectivity index (χ2v) is 8.30. The molecule has 0 saturated carbocycles. The largest absolute Gasteiger partial charge is 0.206 e. The molecule has 4 rings (SSSR count). The van der Waals surface area contributed by atoms with E-state index in [2.05, 4.69) is 73.8 Å². The molecule has 0 bridgehead atoms. The van der Waals surface area contributed by atoms with Crippen LogP contribution >= 0.6 is 0 Å². The molecule has 0 aromatic heterocycles. The molecular formula is C29H27F. The van der Waals surface area contributed by atoms with Crippen molar-refractivity contribution in [1.82, 2.24) is 0 Å². The van der Waals surface area contributed by atoms with Crippen LogP contribution in [0.2, 0.25) is 0 Å². The zero-order valence-corrected chi connectivity index (χ0v) is 17.9. The number of benzene rings is 3. The maximum Gasteiger partial charge on any atom is 0.130 e. The highest BCUT2D eigenvalue weighted by Crippen LogP contribution is 2.43. The van der Waals surface area contributed by atoms with Gasteiger partial charge in [0, 0.05) is 5.92 Å². The minimum atomic E-state index is -0.0937. The van der Waals surface area contributed by atoms with E-state index >= 15 is 4.39 Å². The number of rotatable bonds is 5. The van der Waals surface area contributed by atoms with Crippen LogP contribution in [0.5, 0.6) is 0 Å². The van der Waals surface area contributed by atoms with Gasteiger partial charge in [0.1, 0.15) is 5.82 Å². The maximum atomic E-state index is 15.2. The predicted molar refractivity (Wildman–Crippen MR) is 127 cm³/mol. The van der Waals surface area contributed by atoms with Gasteiger partial charge >= 0.3 is 0 Å². The first kappa shape index (κ1) is 20.1. The van der Waals surface area contributed by atoms with Gasteiger partial charge < -0.3 is 0 Å². The molecule has 1 unspecified atom stereocenters. The second kappa shape index (κ2) is 7.91. The van der Waals surface area contributed by atoms with Gasteiger partial charge in [0.2, 0.25) is 0 Å². The van der Waals surface area contributed by atoms with Gasteiger partial charge in [-0.05, 0) is 71.7 Å². The summed E-state index contributed by atoms with van der Waals surface area (Å²) in [5.74, 6) is 0.0450. The van der Waals surface area contributed by atoms with Crippen molar-refractivity contribution in [3.8, 4) is 22.3 Å². The smallest absolute Gasteiger partial charge is 0.130 e. The third kappa shape index (κ3) is 3.57. The summed E-state index contributed by atoms with van der Waals surface area (Å²) in [5, 5.41) is 0. The van der Waals surface area contributed by atoms with Gasteiger partial charge in [-0.3, -0.25) is 0 Å². The summed E-state index contributed by atoms with van der Waals surface area (Å²) in [7, 11) is 0. The summed E-state index contributed by atoms with van der Waals surface area (Å²) in [6.07, 6.45) is 3.04. The van der Waals surface area contributed by atoms with Gasteiger partial charge in [0.15, 0.2) is 0 Å². The highest BCUT2D eigenvalue weighted by molar-refractivity contribution is 5.74. The molecule has 1 aliphatic rings. The quantitative estimate of drug-likeness (QED) is 0.407. The Kier molecular flexibility index (Phi) is 5.30. The molecule has 0 radical (unpaired) electrons. The Labute approximate surface area is 179 Å². The third-order valence-electron chi connectivity index (χ3n) is 6.14. The van der Waals surface area contributed by atoms with Crippen molar-refractivity contribution < 1.29 is 4.39 Å². The minimum Gasteiger partial charge on any atom is -0.206 e. The van der Waals surface area contributed by atoms with E-state index in [1.54, 1.807) is 0 Å². The van der Waals surface area contributed by atoms with Crippen molar-refractivity contribution >= 4 is 5.57 Å². The Morgan fingerprint density at radius 3 is 1.87 bits per heavy atom. The van der Waals surface area contributed by atoms with Crippen LogP contribution < -0.4 is 0 Å². The van der Waals surface area contributed by atoms with Gasteiger partial charge in [-0.15, -0.1) is 0 Å². The molecule has 0 amide bonds. The maximum absolute atomic E-state index is 15.2. The summed E-state index contributed by atoms with van der Waals surface area (Å²) >= 11 is 0. The van der Waals surface area contributed by atoms with Crippen molar-refractivity contribution in [1.29, 1.82) is 0 Å². The molecule has 0 aliphatic heterocycles.